The zero-order valence-electron chi connectivity index (χ0n) is 9.68. The second-order valence-corrected chi connectivity index (χ2v) is 3.95. The molecule has 6 nitrogen and oxygen atoms in total. The lowest BCUT2D eigenvalue weighted by molar-refractivity contribution is 0.0303. The summed E-state index contributed by atoms with van der Waals surface area (Å²) in [6.07, 6.45) is -1.27. The molecule has 1 fully saturated rings. The number of morpholine rings is 1. The fourth-order valence-corrected chi connectivity index (χ4v) is 1.77. The summed E-state index contributed by atoms with van der Waals surface area (Å²) in [7, 11) is 0. The summed E-state index contributed by atoms with van der Waals surface area (Å²) < 4.78 is 30.5. The molecule has 0 radical (unpaired) electrons. The highest BCUT2D eigenvalue weighted by molar-refractivity contribution is 5.98. The van der Waals surface area contributed by atoms with Crippen LogP contribution >= 0.6 is 0 Å². The number of hydrogen-bond acceptors (Lipinski definition) is 4. The number of carbonyl (C=O) groups excluding carboxylic acids is 1. The minimum absolute atomic E-state index is 0.0212. The molecule has 2 N–H and O–H groups in total. The Labute approximate surface area is 102 Å². The molecule has 0 aromatic carbocycles. The van der Waals surface area contributed by atoms with E-state index in [1.807, 2.05) is 0 Å². The molecule has 1 aromatic rings. The Kier molecular flexibility index (Phi) is 3.75. The van der Waals surface area contributed by atoms with Crippen LogP contribution in [0, 0.1) is 0 Å². The average molecular weight is 260 g/mol. The van der Waals surface area contributed by atoms with Crippen LogP contribution in [0.5, 0.6) is 0 Å². The van der Waals surface area contributed by atoms with E-state index in [0.717, 1.165) is 4.68 Å². The lowest BCUT2D eigenvalue weighted by atomic mass is 10.2. The Morgan fingerprint density at radius 2 is 2.17 bits per heavy atom. The smallest absolute Gasteiger partial charge is 0.259 e. The van der Waals surface area contributed by atoms with E-state index in [9.17, 15) is 13.6 Å². The number of carbonyl (C=O) groups is 1. The first-order valence-electron chi connectivity index (χ1n) is 5.56. The van der Waals surface area contributed by atoms with Crippen LogP contribution in [0.2, 0.25) is 0 Å². The summed E-state index contributed by atoms with van der Waals surface area (Å²) in [5.74, 6) is -0.316. The van der Waals surface area contributed by atoms with Crippen molar-refractivity contribution in [2.24, 2.45) is 0 Å². The van der Waals surface area contributed by atoms with Gasteiger partial charge in [-0.3, -0.25) is 9.48 Å². The second kappa shape index (κ2) is 5.30. The van der Waals surface area contributed by atoms with Crippen LogP contribution in [-0.2, 0) is 11.3 Å². The van der Waals surface area contributed by atoms with Crippen molar-refractivity contribution in [3.8, 4) is 0 Å². The number of anilines is 1. The third kappa shape index (κ3) is 2.76. The zero-order valence-corrected chi connectivity index (χ0v) is 9.68. The molecule has 0 saturated carbocycles. The van der Waals surface area contributed by atoms with Crippen molar-refractivity contribution in [3.05, 3.63) is 11.8 Å². The van der Waals surface area contributed by atoms with Crippen LogP contribution in [0.4, 0.5) is 14.6 Å². The molecule has 8 heteroatoms. The normalized spacial score (nSPS) is 16.3. The van der Waals surface area contributed by atoms with E-state index in [4.69, 9.17) is 10.5 Å². The number of nitrogen functional groups attached to an aromatic ring is 1. The van der Waals surface area contributed by atoms with Crippen molar-refractivity contribution >= 4 is 11.7 Å². The molecular formula is C10H14F2N4O2. The van der Waals surface area contributed by atoms with E-state index in [-0.39, 0.29) is 17.3 Å². The minimum Gasteiger partial charge on any atom is -0.382 e. The molecule has 0 atom stereocenters. The number of amides is 1. The van der Waals surface area contributed by atoms with Crippen LogP contribution < -0.4 is 5.73 Å². The number of nitrogens with two attached hydrogens (primary N) is 1. The summed E-state index contributed by atoms with van der Waals surface area (Å²) in [6.45, 7) is 1.31. The average Bonchev–Trinajstić information content (AvgIpc) is 2.69. The largest absolute Gasteiger partial charge is 0.382 e. The molecule has 1 aliphatic rings. The number of halogens is 2. The third-order valence-electron chi connectivity index (χ3n) is 2.64. The van der Waals surface area contributed by atoms with Gasteiger partial charge >= 0.3 is 0 Å². The standard InChI is InChI=1S/C10H14F2N4O2/c11-8(12)6-16-5-7(9(13)14-16)10(17)15-1-3-18-4-2-15/h5,8H,1-4,6H2,(H2,13,14). The first-order chi connectivity index (χ1) is 8.58. The first kappa shape index (κ1) is 12.7. The van der Waals surface area contributed by atoms with Crippen molar-refractivity contribution in [2.45, 2.75) is 13.0 Å². The highest BCUT2D eigenvalue weighted by atomic mass is 19.3. The van der Waals surface area contributed by atoms with Gasteiger partial charge in [0, 0.05) is 19.3 Å². The maximum Gasteiger partial charge on any atom is 0.259 e. The number of nitrogens with zero attached hydrogens (tertiary/aromatic N) is 3. The van der Waals surface area contributed by atoms with E-state index >= 15 is 0 Å². The van der Waals surface area contributed by atoms with Crippen molar-refractivity contribution in [2.75, 3.05) is 32.0 Å². The van der Waals surface area contributed by atoms with Gasteiger partial charge in [-0.2, -0.15) is 5.10 Å². The number of rotatable bonds is 3. The highest BCUT2D eigenvalue weighted by Crippen LogP contribution is 2.14. The van der Waals surface area contributed by atoms with Gasteiger partial charge in [0.05, 0.1) is 13.2 Å². The molecule has 0 unspecified atom stereocenters. The number of alkyl halides is 2. The maximum absolute atomic E-state index is 12.2. The van der Waals surface area contributed by atoms with E-state index in [0.29, 0.717) is 26.3 Å². The van der Waals surface area contributed by atoms with E-state index in [2.05, 4.69) is 5.10 Å². The van der Waals surface area contributed by atoms with Gasteiger partial charge in [0.15, 0.2) is 5.82 Å². The Bertz CT molecular complexity index is 430. The summed E-state index contributed by atoms with van der Waals surface area (Å²) in [5, 5.41) is 3.70. The number of aromatic nitrogens is 2. The van der Waals surface area contributed by atoms with Crippen LogP contribution in [0.1, 0.15) is 10.4 Å². The predicted molar refractivity (Wildman–Crippen MR) is 59.4 cm³/mol. The summed E-state index contributed by atoms with van der Waals surface area (Å²) in [6, 6.07) is 0. The Hall–Kier alpha value is -1.70. The van der Waals surface area contributed by atoms with Crippen molar-refractivity contribution in [1.29, 1.82) is 0 Å². The molecule has 1 amide bonds. The topological polar surface area (TPSA) is 73.4 Å². The SMILES string of the molecule is Nc1nn(CC(F)F)cc1C(=O)N1CCOCC1. The molecule has 100 valence electrons. The van der Waals surface area contributed by atoms with Gasteiger partial charge in [0.1, 0.15) is 12.1 Å². The number of hydrogen-bond donors (Lipinski definition) is 1. The third-order valence-corrected chi connectivity index (χ3v) is 2.64. The van der Waals surface area contributed by atoms with Crippen molar-refractivity contribution in [3.63, 3.8) is 0 Å². The van der Waals surface area contributed by atoms with Gasteiger partial charge in [-0.25, -0.2) is 8.78 Å². The lowest BCUT2D eigenvalue weighted by Gasteiger charge is -2.26. The first-order valence-corrected chi connectivity index (χ1v) is 5.56. The van der Waals surface area contributed by atoms with E-state index in [1.165, 1.54) is 6.20 Å². The molecule has 1 aromatic heterocycles. The van der Waals surface area contributed by atoms with Gasteiger partial charge in [-0.1, -0.05) is 0 Å². The summed E-state index contributed by atoms with van der Waals surface area (Å²) >= 11 is 0. The molecule has 2 heterocycles. The van der Waals surface area contributed by atoms with Crippen molar-refractivity contribution in [1.82, 2.24) is 14.7 Å². The molecule has 0 bridgehead atoms. The Morgan fingerprint density at radius 3 is 2.78 bits per heavy atom. The summed E-state index contributed by atoms with van der Waals surface area (Å²) in [4.78, 5) is 13.6. The van der Waals surface area contributed by atoms with Gasteiger partial charge in [-0.05, 0) is 0 Å². The Balaban J connectivity index is 2.11. The highest BCUT2D eigenvalue weighted by Gasteiger charge is 2.23. The zero-order chi connectivity index (χ0) is 13.1. The fraction of sp³-hybridized carbons (Fsp3) is 0.600. The molecule has 2 rings (SSSR count). The molecule has 0 spiro atoms. The van der Waals surface area contributed by atoms with Crippen LogP contribution in [0.3, 0.4) is 0 Å². The van der Waals surface area contributed by atoms with Gasteiger partial charge < -0.3 is 15.4 Å². The van der Waals surface area contributed by atoms with Gasteiger partial charge in [0.25, 0.3) is 12.3 Å². The molecule has 18 heavy (non-hydrogen) atoms. The quantitative estimate of drug-likeness (QED) is 0.842. The minimum atomic E-state index is -2.53. The Morgan fingerprint density at radius 1 is 1.50 bits per heavy atom. The molecular weight excluding hydrogens is 246 g/mol. The van der Waals surface area contributed by atoms with Gasteiger partial charge in [0.2, 0.25) is 0 Å². The number of ether oxygens (including phenoxy) is 1. The molecule has 1 aliphatic heterocycles. The van der Waals surface area contributed by atoms with Crippen LogP contribution in [0.15, 0.2) is 6.20 Å². The second-order valence-electron chi connectivity index (χ2n) is 3.95. The van der Waals surface area contributed by atoms with Gasteiger partial charge in [-0.15, -0.1) is 0 Å². The van der Waals surface area contributed by atoms with E-state index in [1.54, 1.807) is 4.90 Å². The fourth-order valence-electron chi connectivity index (χ4n) is 1.77. The van der Waals surface area contributed by atoms with E-state index < -0.39 is 13.0 Å². The lowest BCUT2D eigenvalue weighted by Crippen LogP contribution is -2.40. The van der Waals surface area contributed by atoms with Crippen molar-refractivity contribution < 1.29 is 18.3 Å². The van der Waals surface area contributed by atoms with Crippen LogP contribution in [-0.4, -0.2) is 53.3 Å². The monoisotopic (exact) mass is 260 g/mol. The summed E-state index contributed by atoms with van der Waals surface area (Å²) in [5.41, 5.74) is 5.73. The molecule has 1 saturated heterocycles. The molecule has 0 aliphatic carbocycles. The maximum atomic E-state index is 12.2. The van der Waals surface area contributed by atoms with Crippen LogP contribution in [0.25, 0.3) is 0 Å². The predicted octanol–water partition coefficient (Wildman–Crippen LogP) is 0.203.